The third kappa shape index (κ3) is 2.04. The highest BCUT2D eigenvalue weighted by molar-refractivity contribution is 5.96. The number of aliphatic imine (C=N–C) groups is 1. The zero-order valence-corrected chi connectivity index (χ0v) is 9.06. The van der Waals surface area contributed by atoms with Crippen molar-refractivity contribution >= 4 is 11.9 Å². The highest BCUT2D eigenvalue weighted by Gasteiger charge is 2.30. The molecule has 0 bridgehead atoms. The third-order valence-corrected chi connectivity index (χ3v) is 2.49. The molecule has 0 saturated heterocycles. The van der Waals surface area contributed by atoms with E-state index in [1.807, 2.05) is 14.1 Å². The topological polar surface area (TPSA) is 56.1 Å². The molecule has 1 N–H and O–H groups in total. The molecule has 1 aliphatic rings. The van der Waals surface area contributed by atoms with Gasteiger partial charge in [0.1, 0.15) is 5.84 Å². The van der Waals surface area contributed by atoms with Crippen LogP contribution < -0.4 is 0 Å². The lowest BCUT2D eigenvalue weighted by Crippen LogP contribution is -2.49. The van der Waals surface area contributed by atoms with Gasteiger partial charge in [0, 0.05) is 27.6 Å². The van der Waals surface area contributed by atoms with Crippen molar-refractivity contribution < 1.29 is 9.90 Å². The summed E-state index contributed by atoms with van der Waals surface area (Å²) in [5.41, 5.74) is 0. The SMILES string of the molecule is CC(O)C1CC(N(C)C)=NC(=O)N1C. The van der Waals surface area contributed by atoms with Crippen LogP contribution in [0.4, 0.5) is 4.79 Å². The number of rotatable bonds is 1. The zero-order chi connectivity index (χ0) is 10.9. The van der Waals surface area contributed by atoms with Crippen molar-refractivity contribution in [3.63, 3.8) is 0 Å². The average Bonchev–Trinajstić information content (AvgIpc) is 2.08. The molecule has 0 aromatic carbocycles. The fraction of sp³-hybridized carbons (Fsp3) is 0.778. The van der Waals surface area contributed by atoms with E-state index in [4.69, 9.17) is 0 Å². The number of aliphatic hydroxyl groups is 1. The summed E-state index contributed by atoms with van der Waals surface area (Å²) in [5.74, 6) is 0.721. The van der Waals surface area contributed by atoms with Crippen LogP contribution in [0.1, 0.15) is 13.3 Å². The Kier molecular flexibility index (Phi) is 3.10. The first-order valence-corrected chi connectivity index (χ1v) is 4.63. The molecule has 0 fully saturated rings. The van der Waals surface area contributed by atoms with Crippen molar-refractivity contribution in [1.82, 2.24) is 9.80 Å². The lowest BCUT2D eigenvalue weighted by molar-refractivity contribution is 0.0912. The third-order valence-electron chi connectivity index (χ3n) is 2.49. The first-order valence-electron chi connectivity index (χ1n) is 4.63. The van der Waals surface area contributed by atoms with Gasteiger partial charge in [-0.1, -0.05) is 0 Å². The van der Waals surface area contributed by atoms with Gasteiger partial charge < -0.3 is 14.9 Å². The molecule has 0 aromatic heterocycles. The van der Waals surface area contributed by atoms with Crippen LogP contribution in [0, 0.1) is 0 Å². The van der Waals surface area contributed by atoms with Crippen LogP contribution in [0.2, 0.25) is 0 Å². The molecule has 1 aliphatic heterocycles. The van der Waals surface area contributed by atoms with E-state index in [1.165, 1.54) is 4.90 Å². The van der Waals surface area contributed by atoms with E-state index in [0.29, 0.717) is 6.42 Å². The van der Waals surface area contributed by atoms with Crippen molar-refractivity contribution in [3.05, 3.63) is 0 Å². The van der Waals surface area contributed by atoms with Crippen molar-refractivity contribution in [2.24, 2.45) is 4.99 Å². The Labute approximate surface area is 84.0 Å². The predicted molar refractivity (Wildman–Crippen MR) is 54.4 cm³/mol. The van der Waals surface area contributed by atoms with Crippen LogP contribution in [0.25, 0.3) is 0 Å². The van der Waals surface area contributed by atoms with Crippen LogP contribution in [0.5, 0.6) is 0 Å². The second-order valence-corrected chi connectivity index (χ2v) is 3.83. The Hall–Kier alpha value is -1.10. The average molecular weight is 199 g/mol. The Morgan fingerprint density at radius 3 is 2.64 bits per heavy atom. The standard InChI is InChI=1S/C9H17N3O2/c1-6(13)7-5-8(11(2)3)10-9(14)12(7)4/h6-7,13H,5H2,1-4H3. The maximum atomic E-state index is 11.4. The summed E-state index contributed by atoms with van der Waals surface area (Å²) in [7, 11) is 5.35. The van der Waals surface area contributed by atoms with Gasteiger partial charge in [0.05, 0.1) is 12.1 Å². The molecule has 5 heteroatoms. The lowest BCUT2D eigenvalue weighted by Gasteiger charge is -2.34. The van der Waals surface area contributed by atoms with E-state index in [2.05, 4.69) is 4.99 Å². The van der Waals surface area contributed by atoms with Crippen LogP contribution >= 0.6 is 0 Å². The molecule has 2 unspecified atom stereocenters. The van der Waals surface area contributed by atoms with Gasteiger partial charge in [0.25, 0.3) is 0 Å². The maximum absolute atomic E-state index is 11.4. The number of hydrogen-bond acceptors (Lipinski definition) is 3. The second kappa shape index (κ2) is 3.96. The Bertz CT molecular complexity index is 261. The van der Waals surface area contributed by atoms with E-state index in [-0.39, 0.29) is 12.1 Å². The van der Waals surface area contributed by atoms with E-state index in [1.54, 1.807) is 18.9 Å². The molecular weight excluding hydrogens is 182 g/mol. The van der Waals surface area contributed by atoms with Gasteiger partial charge in [0.15, 0.2) is 0 Å². The minimum Gasteiger partial charge on any atom is -0.391 e. The predicted octanol–water partition coefficient (Wildman–Crippen LogP) is 0.151. The number of carbonyl (C=O) groups is 1. The Morgan fingerprint density at radius 2 is 2.21 bits per heavy atom. The smallest absolute Gasteiger partial charge is 0.345 e. The molecule has 0 spiro atoms. The molecule has 0 aromatic rings. The quantitative estimate of drug-likeness (QED) is 0.654. The summed E-state index contributed by atoms with van der Waals surface area (Å²) in [6.45, 7) is 1.69. The molecular formula is C9H17N3O2. The largest absolute Gasteiger partial charge is 0.391 e. The fourth-order valence-electron chi connectivity index (χ4n) is 1.48. The summed E-state index contributed by atoms with van der Waals surface area (Å²) >= 11 is 0. The number of likely N-dealkylation sites (N-methyl/N-ethyl adjacent to an activating group) is 1. The number of hydrogen-bond donors (Lipinski definition) is 1. The number of nitrogens with zero attached hydrogens (tertiary/aromatic N) is 3. The number of amides is 2. The second-order valence-electron chi connectivity index (χ2n) is 3.83. The van der Waals surface area contributed by atoms with Crippen LogP contribution in [0.3, 0.4) is 0 Å². The molecule has 80 valence electrons. The molecule has 1 heterocycles. The number of carbonyl (C=O) groups excluding carboxylic acids is 1. The fourth-order valence-corrected chi connectivity index (χ4v) is 1.48. The maximum Gasteiger partial charge on any atom is 0.345 e. The van der Waals surface area contributed by atoms with Crippen molar-refractivity contribution in [1.29, 1.82) is 0 Å². The highest BCUT2D eigenvalue weighted by atomic mass is 16.3. The Morgan fingerprint density at radius 1 is 1.64 bits per heavy atom. The van der Waals surface area contributed by atoms with Crippen LogP contribution in [-0.4, -0.2) is 60.1 Å². The minimum atomic E-state index is -0.533. The van der Waals surface area contributed by atoms with Crippen LogP contribution in [0.15, 0.2) is 4.99 Å². The summed E-state index contributed by atoms with van der Waals surface area (Å²) in [5, 5.41) is 9.50. The molecule has 1 rings (SSSR count). The van der Waals surface area contributed by atoms with Gasteiger partial charge in [-0.25, -0.2) is 4.79 Å². The molecule has 14 heavy (non-hydrogen) atoms. The molecule has 0 aliphatic carbocycles. The normalized spacial score (nSPS) is 24.6. The van der Waals surface area contributed by atoms with Crippen LogP contribution in [-0.2, 0) is 0 Å². The Balaban J connectivity index is 2.87. The summed E-state index contributed by atoms with van der Waals surface area (Å²) in [6, 6.07) is -0.455. The molecule has 2 amide bonds. The number of amidine groups is 1. The van der Waals surface area contributed by atoms with E-state index in [0.717, 1.165) is 5.84 Å². The first-order chi connectivity index (χ1) is 6.43. The van der Waals surface area contributed by atoms with Gasteiger partial charge >= 0.3 is 6.03 Å². The molecule has 0 radical (unpaired) electrons. The van der Waals surface area contributed by atoms with E-state index >= 15 is 0 Å². The first kappa shape index (κ1) is 11.0. The molecule has 2 atom stereocenters. The summed E-state index contributed by atoms with van der Waals surface area (Å²) in [6.07, 6.45) is 0.0711. The summed E-state index contributed by atoms with van der Waals surface area (Å²) < 4.78 is 0. The minimum absolute atomic E-state index is 0.169. The van der Waals surface area contributed by atoms with Gasteiger partial charge in [-0.15, -0.1) is 0 Å². The number of aliphatic hydroxyl groups excluding tert-OH is 1. The van der Waals surface area contributed by atoms with Gasteiger partial charge in [-0.3, -0.25) is 0 Å². The van der Waals surface area contributed by atoms with Crippen molar-refractivity contribution in [3.8, 4) is 0 Å². The monoisotopic (exact) mass is 199 g/mol. The number of urea groups is 1. The lowest BCUT2D eigenvalue weighted by atomic mass is 10.1. The van der Waals surface area contributed by atoms with Crippen molar-refractivity contribution in [2.45, 2.75) is 25.5 Å². The summed E-state index contributed by atoms with van der Waals surface area (Å²) in [4.78, 5) is 18.6. The zero-order valence-electron chi connectivity index (χ0n) is 9.06. The van der Waals surface area contributed by atoms with Gasteiger partial charge in [0.2, 0.25) is 0 Å². The van der Waals surface area contributed by atoms with Gasteiger partial charge in [-0.05, 0) is 6.92 Å². The van der Waals surface area contributed by atoms with E-state index in [9.17, 15) is 9.90 Å². The molecule has 0 saturated carbocycles. The van der Waals surface area contributed by atoms with E-state index < -0.39 is 6.10 Å². The highest BCUT2D eigenvalue weighted by Crippen LogP contribution is 2.16. The molecule has 5 nitrogen and oxygen atoms in total. The van der Waals surface area contributed by atoms with Gasteiger partial charge in [-0.2, -0.15) is 4.99 Å². The van der Waals surface area contributed by atoms with Crippen molar-refractivity contribution in [2.75, 3.05) is 21.1 Å².